The van der Waals surface area contributed by atoms with Gasteiger partial charge < -0.3 is 0 Å². The van der Waals surface area contributed by atoms with Gasteiger partial charge in [0.2, 0.25) is 0 Å². The minimum absolute atomic E-state index is 0.0846. The van der Waals surface area contributed by atoms with Crippen LogP contribution in [0.3, 0.4) is 0 Å². The molecule has 1 heterocycles. The number of aryl methyl sites for hydroxylation is 1. The number of carbonyl (C=O) groups is 1. The van der Waals surface area contributed by atoms with Crippen molar-refractivity contribution in [1.82, 2.24) is 10.2 Å². The Bertz CT molecular complexity index is 1540. The maximum absolute atomic E-state index is 13.4. The van der Waals surface area contributed by atoms with Gasteiger partial charge in [0, 0.05) is 0 Å². The molecule has 2 aliphatic rings. The Kier molecular flexibility index (Phi) is 10.3. The Morgan fingerprint density at radius 1 is 1.00 bits per heavy atom. The summed E-state index contributed by atoms with van der Waals surface area (Å²) in [4.78, 5) is 15.6. The van der Waals surface area contributed by atoms with Crippen LogP contribution in [0.25, 0.3) is 0 Å². The van der Waals surface area contributed by atoms with Crippen LogP contribution in [-0.2, 0) is 32.0 Å². The van der Waals surface area contributed by atoms with E-state index >= 15 is 0 Å². The Morgan fingerprint density at radius 3 is 2.47 bits per heavy atom. The summed E-state index contributed by atoms with van der Waals surface area (Å²) >= 11 is 4.05. The Hall–Kier alpha value is -2.32. The topological polar surface area (TPSA) is 66.5 Å². The minimum atomic E-state index is -4.66. The van der Waals surface area contributed by atoms with E-state index in [1.54, 1.807) is 24.3 Å². The summed E-state index contributed by atoms with van der Waals surface area (Å²) in [6, 6.07) is 16.8. The molecule has 3 atom stereocenters. The summed E-state index contributed by atoms with van der Waals surface area (Å²) in [5.74, 6) is -0.279. The zero-order valence-electron chi connectivity index (χ0n) is 23.7. The fraction of sp³-hybridized carbons (Fsp3) is 0.406. The van der Waals surface area contributed by atoms with Gasteiger partial charge in [-0.25, -0.2) is 0 Å². The van der Waals surface area contributed by atoms with Gasteiger partial charge in [-0.3, -0.25) is 0 Å². The van der Waals surface area contributed by atoms with E-state index in [1.165, 1.54) is 36.5 Å². The van der Waals surface area contributed by atoms with E-state index in [1.807, 2.05) is 0 Å². The standard InChI is InChI=1S/C32H35AsClF3N2O3S/c34-26-13-11-23(12-14-26)29(33-43(41,42)27-8-5-7-25(19-27)32(35,36)37)20-31(40)38-30-9-4-6-24-18-22(10-15-28(24)30)21-39-16-2-1-3-17-39/h5,7-8,10-15,18-19,29-30,33H,1-4,6,9,16-17,20-21H2,(H,38,40). The van der Waals surface area contributed by atoms with Crippen molar-refractivity contribution in [1.29, 1.82) is 0 Å². The molecule has 0 aromatic heterocycles. The van der Waals surface area contributed by atoms with Gasteiger partial charge in [0.25, 0.3) is 0 Å². The molecule has 230 valence electrons. The maximum atomic E-state index is 13.4. The van der Waals surface area contributed by atoms with Crippen molar-refractivity contribution < 1.29 is 26.4 Å². The van der Waals surface area contributed by atoms with Crippen molar-refractivity contribution in [2.24, 2.45) is 0 Å². The summed E-state index contributed by atoms with van der Waals surface area (Å²) in [5, 5.41) is 3.61. The molecule has 0 bridgehead atoms. The summed E-state index contributed by atoms with van der Waals surface area (Å²) in [5.41, 5.74) is 3.22. The van der Waals surface area contributed by atoms with Crippen LogP contribution >= 0.6 is 11.6 Å². The fourth-order valence-electron chi connectivity index (χ4n) is 5.95. The number of fused-ring (bicyclic) bond motifs is 1. The van der Waals surface area contributed by atoms with E-state index < -0.39 is 39.1 Å². The fourth-order valence-corrected chi connectivity index (χ4v) is 13.5. The van der Waals surface area contributed by atoms with E-state index in [2.05, 4.69) is 28.4 Å². The van der Waals surface area contributed by atoms with Crippen molar-refractivity contribution in [3.63, 3.8) is 0 Å². The van der Waals surface area contributed by atoms with Crippen molar-refractivity contribution in [3.05, 3.63) is 99.6 Å². The molecule has 0 spiro atoms. The van der Waals surface area contributed by atoms with Gasteiger partial charge in [0.05, 0.1) is 0 Å². The van der Waals surface area contributed by atoms with E-state index in [0.29, 0.717) is 16.7 Å². The number of hydrogen-bond donors (Lipinski definition) is 1. The molecule has 1 N–H and O–H groups in total. The zero-order chi connectivity index (χ0) is 30.6. The van der Waals surface area contributed by atoms with Crippen LogP contribution in [-0.4, -0.2) is 46.9 Å². The number of carbonyl (C=O) groups excluding carboxylic acids is 1. The molecule has 1 fully saturated rings. The second-order valence-corrected chi connectivity index (χ2v) is 19.8. The first-order valence-corrected chi connectivity index (χ1v) is 20.2. The van der Waals surface area contributed by atoms with Gasteiger partial charge >= 0.3 is 244 Å². The molecule has 3 aromatic carbocycles. The molecular formula is C32H35AsClF3N2O3S. The second-order valence-electron chi connectivity index (χ2n) is 11.3. The molecule has 3 unspecified atom stereocenters. The molecule has 0 radical (unpaired) electrons. The summed E-state index contributed by atoms with van der Waals surface area (Å²) in [7, 11) is -4.04. The number of alkyl halides is 3. The average Bonchev–Trinajstić information content (AvgIpc) is 2.97. The van der Waals surface area contributed by atoms with Gasteiger partial charge in [-0.05, 0) is 12.8 Å². The van der Waals surface area contributed by atoms with Crippen LogP contribution in [0.4, 0.5) is 13.2 Å². The summed E-state index contributed by atoms with van der Waals surface area (Å²) < 4.78 is 66.0. The van der Waals surface area contributed by atoms with Crippen LogP contribution in [0.2, 0.25) is 5.02 Å². The molecule has 1 amide bonds. The van der Waals surface area contributed by atoms with E-state index in [-0.39, 0.29) is 23.3 Å². The van der Waals surface area contributed by atoms with Crippen molar-refractivity contribution in [3.8, 4) is 0 Å². The molecule has 1 aliphatic heterocycles. The van der Waals surface area contributed by atoms with Gasteiger partial charge in [-0.15, -0.1) is 0 Å². The number of nitrogens with zero attached hydrogens (tertiary/aromatic N) is 1. The Labute approximate surface area is 261 Å². The molecule has 43 heavy (non-hydrogen) atoms. The predicted octanol–water partition coefficient (Wildman–Crippen LogP) is 6.80. The summed E-state index contributed by atoms with van der Waals surface area (Å²) in [6.45, 7) is 3.17. The number of nitrogens with one attached hydrogen (secondary N) is 1. The quantitative estimate of drug-likeness (QED) is 0.251. The third kappa shape index (κ3) is 8.44. The SMILES string of the molecule is O=C(CC([AsH]S(=O)(=O)c1cccc(C(F)(F)F)c1)c1ccc(Cl)cc1)NC1CCCc2cc(CN3CCCCC3)ccc21. The van der Waals surface area contributed by atoms with Crippen LogP contribution < -0.4 is 5.32 Å². The normalized spacial score (nSPS) is 18.8. The predicted molar refractivity (Wildman–Crippen MR) is 164 cm³/mol. The van der Waals surface area contributed by atoms with E-state index in [9.17, 15) is 26.4 Å². The molecule has 0 saturated carbocycles. The molecule has 11 heteroatoms. The molecule has 1 aliphatic carbocycles. The number of likely N-dealkylation sites (tertiary alicyclic amines) is 1. The van der Waals surface area contributed by atoms with Crippen molar-refractivity contribution in [2.75, 3.05) is 13.1 Å². The number of hydrogen-bond acceptors (Lipinski definition) is 4. The van der Waals surface area contributed by atoms with Crippen LogP contribution in [0.1, 0.15) is 77.1 Å². The van der Waals surface area contributed by atoms with Gasteiger partial charge in [0.15, 0.2) is 0 Å². The molecule has 3 aromatic rings. The van der Waals surface area contributed by atoms with Crippen LogP contribution in [0.5, 0.6) is 0 Å². The summed E-state index contributed by atoms with van der Waals surface area (Å²) in [6.07, 6.45) is 1.69. The number of rotatable bonds is 9. The first-order valence-electron chi connectivity index (χ1n) is 14.6. The van der Waals surface area contributed by atoms with Gasteiger partial charge in [0.1, 0.15) is 0 Å². The zero-order valence-corrected chi connectivity index (χ0v) is 27.3. The van der Waals surface area contributed by atoms with Gasteiger partial charge in [-0.2, -0.15) is 0 Å². The monoisotopic (exact) mass is 694 g/mol. The number of amides is 1. The molecular weight excluding hydrogens is 660 g/mol. The molecule has 1 saturated heterocycles. The van der Waals surface area contributed by atoms with Crippen molar-refractivity contribution >= 4 is 40.2 Å². The Balaban J connectivity index is 1.32. The first kappa shape index (κ1) is 32.1. The van der Waals surface area contributed by atoms with Crippen LogP contribution in [0.15, 0.2) is 71.6 Å². The number of halogens is 4. The van der Waals surface area contributed by atoms with E-state index in [0.717, 1.165) is 56.6 Å². The number of benzene rings is 3. The first-order chi connectivity index (χ1) is 20.5. The average molecular weight is 695 g/mol. The number of piperidine rings is 1. The van der Waals surface area contributed by atoms with Crippen molar-refractivity contribution in [2.45, 2.75) is 73.3 Å². The van der Waals surface area contributed by atoms with E-state index in [4.69, 9.17) is 11.6 Å². The Morgan fingerprint density at radius 2 is 1.74 bits per heavy atom. The third-order valence-electron chi connectivity index (χ3n) is 8.14. The molecule has 5 rings (SSSR count). The van der Waals surface area contributed by atoms with Crippen LogP contribution in [0, 0.1) is 0 Å². The second kappa shape index (κ2) is 13.8. The molecule has 5 nitrogen and oxygen atoms in total. The third-order valence-corrected chi connectivity index (χ3v) is 16.2. The van der Waals surface area contributed by atoms with Gasteiger partial charge in [-0.1, -0.05) is 6.42 Å².